The highest BCUT2D eigenvalue weighted by atomic mass is 14.9. The molecule has 11 heavy (non-hydrogen) atoms. The Hall–Kier alpha value is -0.980. The molecule has 1 aromatic rings. The summed E-state index contributed by atoms with van der Waals surface area (Å²) in [5.41, 5.74) is 4.16. The molecule has 58 valence electrons. The number of anilines is 1. The van der Waals surface area contributed by atoms with Crippen LogP contribution >= 0.6 is 0 Å². The van der Waals surface area contributed by atoms with Gasteiger partial charge in [-0.3, -0.25) is 0 Å². The van der Waals surface area contributed by atoms with Crippen LogP contribution in [0.1, 0.15) is 24.0 Å². The average Bonchev–Trinajstić information content (AvgIpc) is 2.33. The van der Waals surface area contributed by atoms with E-state index in [4.69, 9.17) is 0 Å². The van der Waals surface area contributed by atoms with E-state index in [1.54, 1.807) is 0 Å². The molecule has 0 unspecified atom stereocenters. The molecule has 0 fully saturated rings. The first-order chi connectivity index (χ1) is 5.27. The third-order valence-electron chi connectivity index (χ3n) is 2.34. The number of rotatable bonds is 0. The van der Waals surface area contributed by atoms with Crippen LogP contribution in [0.2, 0.25) is 0 Å². The number of fused-ring (bicyclic) bond motifs is 1. The molecule has 0 saturated carbocycles. The zero-order chi connectivity index (χ0) is 7.84. The highest BCUT2D eigenvalue weighted by Crippen LogP contribution is 2.31. The van der Waals surface area contributed by atoms with Gasteiger partial charge in [-0.25, -0.2) is 0 Å². The van der Waals surface area contributed by atoms with E-state index in [0.29, 0.717) is 5.92 Å². The van der Waals surface area contributed by atoms with Crippen molar-refractivity contribution in [2.24, 2.45) is 0 Å². The van der Waals surface area contributed by atoms with Crippen molar-refractivity contribution >= 4 is 5.69 Å². The van der Waals surface area contributed by atoms with Crippen molar-refractivity contribution in [3.63, 3.8) is 0 Å². The predicted octanol–water partition coefficient (Wildman–Crippen LogP) is 2.52. The van der Waals surface area contributed by atoms with Crippen molar-refractivity contribution in [1.29, 1.82) is 0 Å². The van der Waals surface area contributed by atoms with E-state index in [1.807, 2.05) is 0 Å². The van der Waals surface area contributed by atoms with Crippen LogP contribution in [-0.2, 0) is 0 Å². The summed E-state index contributed by atoms with van der Waals surface area (Å²) < 4.78 is 0. The second-order valence-corrected chi connectivity index (χ2v) is 3.37. The maximum atomic E-state index is 3.38. The van der Waals surface area contributed by atoms with Gasteiger partial charge < -0.3 is 5.32 Å². The molecule has 0 aromatic heterocycles. The molecule has 0 radical (unpaired) electrons. The molecule has 1 atom stereocenters. The molecular formula is C10H13N. The Kier molecular flexibility index (Phi) is 1.38. The van der Waals surface area contributed by atoms with Crippen LogP contribution < -0.4 is 5.32 Å². The van der Waals surface area contributed by atoms with E-state index in [0.717, 1.165) is 6.54 Å². The zero-order valence-corrected chi connectivity index (χ0v) is 7.02. The Morgan fingerprint density at radius 3 is 3.09 bits per heavy atom. The summed E-state index contributed by atoms with van der Waals surface area (Å²) in [5.74, 6) is 0.685. The van der Waals surface area contributed by atoms with Crippen LogP contribution in [0.15, 0.2) is 18.2 Å². The Labute approximate surface area is 67.4 Å². The lowest BCUT2D eigenvalue weighted by molar-refractivity contribution is 0.853. The van der Waals surface area contributed by atoms with Gasteiger partial charge in [0.05, 0.1) is 0 Å². The Bertz CT molecular complexity index is 278. The van der Waals surface area contributed by atoms with Crippen molar-refractivity contribution < 1.29 is 0 Å². The number of nitrogens with one attached hydrogen (secondary N) is 1. The first-order valence-electron chi connectivity index (χ1n) is 4.12. The summed E-state index contributed by atoms with van der Waals surface area (Å²) in [6, 6.07) is 6.61. The summed E-state index contributed by atoms with van der Waals surface area (Å²) in [4.78, 5) is 0. The number of aryl methyl sites for hydroxylation is 1. The third-order valence-corrected chi connectivity index (χ3v) is 2.34. The Morgan fingerprint density at radius 1 is 1.45 bits per heavy atom. The van der Waals surface area contributed by atoms with Crippen LogP contribution in [0.3, 0.4) is 0 Å². The lowest BCUT2D eigenvalue weighted by Gasteiger charge is -2.02. The molecule has 1 N–H and O–H groups in total. The van der Waals surface area contributed by atoms with E-state index in [-0.39, 0.29) is 0 Å². The van der Waals surface area contributed by atoms with Crippen LogP contribution in [0.4, 0.5) is 5.69 Å². The summed E-state index contributed by atoms with van der Waals surface area (Å²) in [5, 5.41) is 3.38. The molecule has 1 nitrogen and oxygen atoms in total. The first kappa shape index (κ1) is 6.71. The quantitative estimate of drug-likeness (QED) is 0.594. The zero-order valence-electron chi connectivity index (χ0n) is 7.02. The van der Waals surface area contributed by atoms with Crippen LogP contribution in [0, 0.1) is 6.92 Å². The van der Waals surface area contributed by atoms with E-state index in [2.05, 4.69) is 37.4 Å². The summed E-state index contributed by atoms with van der Waals surface area (Å²) >= 11 is 0. The topological polar surface area (TPSA) is 12.0 Å². The molecule has 1 aromatic carbocycles. The van der Waals surface area contributed by atoms with Crippen molar-refractivity contribution in [3.05, 3.63) is 29.3 Å². The number of hydrogen-bond donors (Lipinski definition) is 1. The molecule has 0 spiro atoms. The lowest BCUT2D eigenvalue weighted by atomic mass is 10.0. The van der Waals surface area contributed by atoms with Crippen LogP contribution in [0.5, 0.6) is 0 Å². The second kappa shape index (κ2) is 2.26. The fourth-order valence-electron chi connectivity index (χ4n) is 1.62. The van der Waals surface area contributed by atoms with E-state index in [1.165, 1.54) is 16.8 Å². The average molecular weight is 147 g/mol. The van der Waals surface area contributed by atoms with Gasteiger partial charge in [-0.2, -0.15) is 0 Å². The third kappa shape index (κ3) is 1.01. The molecule has 0 amide bonds. The van der Waals surface area contributed by atoms with Gasteiger partial charge in [0.15, 0.2) is 0 Å². The molecule has 0 saturated heterocycles. The van der Waals surface area contributed by atoms with Gasteiger partial charge >= 0.3 is 0 Å². The van der Waals surface area contributed by atoms with Crippen molar-refractivity contribution in [2.45, 2.75) is 19.8 Å². The Balaban J connectivity index is 2.52. The normalized spacial score (nSPS) is 21.1. The van der Waals surface area contributed by atoms with Gasteiger partial charge in [0.25, 0.3) is 0 Å². The minimum Gasteiger partial charge on any atom is -0.384 e. The Morgan fingerprint density at radius 2 is 2.27 bits per heavy atom. The van der Waals surface area contributed by atoms with Crippen molar-refractivity contribution in [1.82, 2.24) is 0 Å². The number of hydrogen-bond acceptors (Lipinski definition) is 1. The maximum Gasteiger partial charge on any atom is 0.0376 e. The van der Waals surface area contributed by atoms with E-state index in [9.17, 15) is 0 Å². The minimum atomic E-state index is 0.685. The second-order valence-electron chi connectivity index (χ2n) is 3.37. The molecule has 1 heterocycles. The molecule has 1 aliphatic heterocycles. The molecular weight excluding hydrogens is 134 g/mol. The van der Waals surface area contributed by atoms with Gasteiger partial charge in [0.1, 0.15) is 0 Å². The first-order valence-corrected chi connectivity index (χ1v) is 4.12. The standard InChI is InChI=1S/C10H13N/c1-7-3-4-10-9(5-7)8(2)6-11-10/h3-5,8,11H,6H2,1-2H3/t8-/m1/s1. The minimum absolute atomic E-state index is 0.685. The molecule has 0 bridgehead atoms. The van der Waals surface area contributed by atoms with Gasteiger partial charge in [0.2, 0.25) is 0 Å². The molecule has 0 aliphatic carbocycles. The SMILES string of the molecule is Cc1ccc2c(c1)[C@H](C)CN2. The van der Waals surface area contributed by atoms with Gasteiger partial charge in [0, 0.05) is 18.2 Å². The fraction of sp³-hybridized carbons (Fsp3) is 0.400. The summed E-state index contributed by atoms with van der Waals surface area (Å²) in [6.07, 6.45) is 0. The monoisotopic (exact) mass is 147 g/mol. The van der Waals surface area contributed by atoms with Crippen molar-refractivity contribution in [2.75, 3.05) is 11.9 Å². The molecule has 1 heteroatoms. The van der Waals surface area contributed by atoms with Crippen LogP contribution in [-0.4, -0.2) is 6.54 Å². The van der Waals surface area contributed by atoms with Gasteiger partial charge in [-0.15, -0.1) is 0 Å². The lowest BCUT2D eigenvalue weighted by Crippen LogP contribution is -1.95. The molecule has 1 aliphatic rings. The van der Waals surface area contributed by atoms with Crippen LogP contribution in [0.25, 0.3) is 0 Å². The predicted molar refractivity (Wildman–Crippen MR) is 48.1 cm³/mol. The largest absolute Gasteiger partial charge is 0.384 e. The van der Waals surface area contributed by atoms with E-state index < -0.39 is 0 Å². The van der Waals surface area contributed by atoms with E-state index >= 15 is 0 Å². The van der Waals surface area contributed by atoms with Crippen molar-refractivity contribution in [3.8, 4) is 0 Å². The number of benzene rings is 1. The smallest absolute Gasteiger partial charge is 0.0376 e. The van der Waals surface area contributed by atoms with Gasteiger partial charge in [-0.05, 0) is 18.6 Å². The fourth-order valence-corrected chi connectivity index (χ4v) is 1.62. The highest BCUT2D eigenvalue weighted by molar-refractivity contribution is 5.58. The molecule has 2 rings (SSSR count). The highest BCUT2D eigenvalue weighted by Gasteiger charge is 2.16. The maximum absolute atomic E-state index is 3.38. The summed E-state index contributed by atoms with van der Waals surface area (Å²) in [6.45, 7) is 5.50. The summed E-state index contributed by atoms with van der Waals surface area (Å²) in [7, 11) is 0. The van der Waals surface area contributed by atoms with Gasteiger partial charge in [-0.1, -0.05) is 24.6 Å².